The maximum atomic E-state index is 12.1. The van der Waals surface area contributed by atoms with Gasteiger partial charge in [0, 0.05) is 31.2 Å². The first-order valence-electron chi connectivity index (χ1n) is 8.47. The molecular formula is C19H23ClN4O2. The molecule has 0 fully saturated rings. The average Bonchev–Trinajstić information content (AvgIpc) is 2.60. The van der Waals surface area contributed by atoms with E-state index in [-0.39, 0.29) is 11.9 Å². The van der Waals surface area contributed by atoms with Crippen LogP contribution < -0.4 is 16.0 Å². The van der Waals surface area contributed by atoms with Crippen LogP contribution in [0.4, 0.5) is 10.5 Å². The fraction of sp³-hybridized carbons (Fsp3) is 0.316. The lowest BCUT2D eigenvalue weighted by Gasteiger charge is -2.11. The highest BCUT2D eigenvalue weighted by Crippen LogP contribution is 2.21. The Morgan fingerprint density at radius 3 is 2.65 bits per heavy atom. The molecule has 0 bridgehead atoms. The molecule has 2 aromatic rings. The SMILES string of the molecule is CC(C)CNC(=O)c1ccc(NC(=O)NCCc2cccnc2)cc1Cl. The first-order valence-corrected chi connectivity index (χ1v) is 8.85. The predicted octanol–water partition coefficient (Wildman–Crippen LogP) is 3.49. The van der Waals surface area contributed by atoms with E-state index >= 15 is 0 Å². The summed E-state index contributed by atoms with van der Waals surface area (Å²) in [5.74, 6) is 0.130. The number of aromatic nitrogens is 1. The molecule has 2 rings (SSSR count). The molecule has 26 heavy (non-hydrogen) atoms. The third-order valence-electron chi connectivity index (χ3n) is 3.56. The second-order valence-corrected chi connectivity index (χ2v) is 6.70. The highest BCUT2D eigenvalue weighted by atomic mass is 35.5. The number of amides is 3. The predicted molar refractivity (Wildman–Crippen MR) is 104 cm³/mol. The van der Waals surface area contributed by atoms with Crippen LogP contribution in [0, 0.1) is 5.92 Å². The van der Waals surface area contributed by atoms with Crippen LogP contribution in [0.3, 0.4) is 0 Å². The van der Waals surface area contributed by atoms with Crippen LogP contribution >= 0.6 is 11.6 Å². The lowest BCUT2D eigenvalue weighted by atomic mass is 10.1. The molecule has 0 saturated carbocycles. The lowest BCUT2D eigenvalue weighted by molar-refractivity contribution is 0.0949. The molecule has 7 heteroatoms. The normalized spacial score (nSPS) is 10.5. The van der Waals surface area contributed by atoms with Crippen molar-refractivity contribution in [3.05, 3.63) is 58.9 Å². The smallest absolute Gasteiger partial charge is 0.319 e. The quantitative estimate of drug-likeness (QED) is 0.693. The number of hydrogen-bond donors (Lipinski definition) is 3. The van der Waals surface area contributed by atoms with Crippen molar-refractivity contribution in [2.75, 3.05) is 18.4 Å². The van der Waals surface area contributed by atoms with Crippen molar-refractivity contribution in [2.45, 2.75) is 20.3 Å². The van der Waals surface area contributed by atoms with E-state index in [4.69, 9.17) is 11.6 Å². The van der Waals surface area contributed by atoms with Crippen molar-refractivity contribution < 1.29 is 9.59 Å². The third-order valence-corrected chi connectivity index (χ3v) is 3.88. The number of benzene rings is 1. The van der Waals surface area contributed by atoms with Crippen molar-refractivity contribution in [1.82, 2.24) is 15.6 Å². The minimum atomic E-state index is -0.332. The molecule has 0 aliphatic heterocycles. The largest absolute Gasteiger partial charge is 0.352 e. The lowest BCUT2D eigenvalue weighted by Crippen LogP contribution is -2.30. The van der Waals surface area contributed by atoms with Crippen LogP contribution in [0.2, 0.25) is 5.02 Å². The summed E-state index contributed by atoms with van der Waals surface area (Å²) in [4.78, 5) is 28.1. The molecule has 1 heterocycles. The van der Waals surface area contributed by atoms with E-state index in [1.54, 1.807) is 30.6 Å². The molecule has 6 nitrogen and oxygen atoms in total. The standard InChI is InChI=1S/C19H23ClN4O2/c1-13(2)11-23-18(25)16-6-5-15(10-17(16)20)24-19(26)22-9-7-14-4-3-8-21-12-14/h3-6,8,10,12-13H,7,9,11H2,1-2H3,(H,23,25)(H2,22,24,26). The van der Waals surface area contributed by atoms with Gasteiger partial charge >= 0.3 is 6.03 Å². The molecule has 0 aliphatic rings. The van der Waals surface area contributed by atoms with E-state index < -0.39 is 0 Å². The van der Waals surface area contributed by atoms with Gasteiger partial charge in [-0.2, -0.15) is 0 Å². The Morgan fingerprint density at radius 2 is 2.00 bits per heavy atom. The Kier molecular flexibility index (Phi) is 7.41. The van der Waals surface area contributed by atoms with Gasteiger partial charge in [0.05, 0.1) is 10.6 Å². The van der Waals surface area contributed by atoms with Crippen molar-refractivity contribution >= 4 is 29.2 Å². The number of nitrogens with zero attached hydrogens (tertiary/aromatic N) is 1. The van der Waals surface area contributed by atoms with Gasteiger partial charge in [-0.15, -0.1) is 0 Å². The molecule has 0 atom stereocenters. The molecule has 0 unspecified atom stereocenters. The number of anilines is 1. The van der Waals surface area contributed by atoms with Gasteiger partial charge in [0.15, 0.2) is 0 Å². The van der Waals surface area contributed by atoms with Crippen LogP contribution in [0.15, 0.2) is 42.7 Å². The molecular weight excluding hydrogens is 352 g/mol. The minimum Gasteiger partial charge on any atom is -0.352 e. The Balaban J connectivity index is 1.84. The Hall–Kier alpha value is -2.60. The number of rotatable bonds is 7. The summed E-state index contributed by atoms with van der Waals surface area (Å²) in [7, 11) is 0. The van der Waals surface area contributed by atoms with E-state index in [1.165, 1.54) is 0 Å². The van der Waals surface area contributed by atoms with E-state index in [2.05, 4.69) is 20.9 Å². The van der Waals surface area contributed by atoms with Crippen LogP contribution in [0.25, 0.3) is 0 Å². The number of halogens is 1. The van der Waals surface area contributed by atoms with Crippen LogP contribution in [-0.2, 0) is 6.42 Å². The summed E-state index contributed by atoms with van der Waals surface area (Å²) < 4.78 is 0. The van der Waals surface area contributed by atoms with Gasteiger partial charge in [0.25, 0.3) is 5.91 Å². The molecule has 3 amide bonds. The van der Waals surface area contributed by atoms with Gasteiger partial charge in [-0.25, -0.2) is 4.79 Å². The molecule has 3 N–H and O–H groups in total. The monoisotopic (exact) mass is 374 g/mol. The van der Waals surface area contributed by atoms with Crippen LogP contribution in [0.5, 0.6) is 0 Å². The van der Waals surface area contributed by atoms with Crippen LogP contribution in [-0.4, -0.2) is 30.0 Å². The van der Waals surface area contributed by atoms with E-state index in [9.17, 15) is 9.59 Å². The van der Waals surface area contributed by atoms with Gasteiger partial charge in [-0.3, -0.25) is 9.78 Å². The fourth-order valence-electron chi connectivity index (χ4n) is 2.21. The molecule has 0 saturated heterocycles. The van der Waals surface area contributed by atoms with Gasteiger partial charge in [0.2, 0.25) is 0 Å². The maximum Gasteiger partial charge on any atom is 0.319 e. The Morgan fingerprint density at radius 1 is 1.19 bits per heavy atom. The van der Waals surface area contributed by atoms with Crippen molar-refractivity contribution in [1.29, 1.82) is 0 Å². The fourth-order valence-corrected chi connectivity index (χ4v) is 2.48. The highest BCUT2D eigenvalue weighted by molar-refractivity contribution is 6.34. The number of pyridine rings is 1. The first-order chi connectivity index (χ1) is 12.5. The average molecular weight is 375 g/mol. The minimum absolute atomic E-state index is 0.226. The van der Waals surface area contributed by atoms with Gasteiger partial charge in [0.1, 0.15) is 0 Å². The van der Waals surface area contributed by atoms with Crippen molar-refractivity contribution in [2.24, 2.45) is 5.92 Å². The Bertz CT molecular complexity index is 750. The number of carbonyl (C=O) groups excluding carboxylic acids is 2. The number of urea groups is 1. The van der Waals surface area contributed by atoms with E-state index in [0.29, 0.717) is 41.7 Å². The zero-order chi connectivity index (χ0) is 18.9. The number of carbonyl (C=O) groups is 2. The van der Waals surface area contributed by atoms with Gasteiger partial charge < -0.3 is 16.0 Å². The zero-order valence-corrected chi connectivity index (χ0v) is 15.6. The molecule has 1 aromatic heterocycles. The second kappa shape index (κ2) is 9.77. The summed E-state index contributed by atoms with van der Waals surface area (Å²) in [6.07, 6.45) is 4.17. The van der Waals surface area contributed by atoms with E-state index in [1.807, 2.05) is 26.0 Å². The maximum absolute atomic E-state index is 12.1. The number of hydrogen-bond acceptors (Lipinski definition) is 3. The summed E-state index contributed by atoms with van der Waals surface area (Å²) in [6, 6.07) is 8.29. The second-order valence-electron chi connectivity index (χ2n) is 6.29. The number of nitrogens with one attached hydrogen (secondary N) is 3. The third kappa shape index (κ3) is 6.37. The van der Waals surface area contributed by atoms with Crippen molar-refractivity contribution in [3.8, 4) is 0 Å². The van der Waals surface area contributed by atoms with Crippen molar-refractivity contribution in [3.63, 3.8) is 0 Å². The van der Waals surface area contributed by atoms with Gasteiger partial charge in [-0.05, 0) is 42.2 Å². The molecule has 0 aliphatic carbocycles. The summed E-state index contributed by atoms with van der Waals surface area (Å²) >= 11 is 6.17. The highest BCUT2D eigenvalue weighted by Gasteiger charge is 2.12. The summed E-state index contributed by atoms with van der Waals surface area (Å²) in [5, 5.41) is 8.58. The Labute approximate surface area is 158 Å². The zero-order valence-electron chi connectivity index (χ0n) is 14.9. The topological polar surface area (TPSA) is 83.1 Å². The molecule has 0 spiro atoms. The van der Waals surface area contributed by atoms with E-state index in [0.717, 1.165) is 5.56 Å². The first kappa shape index (κ1) is 19.7. The molecule has 138 valence electrons. The van der Waals surface area contributed by atoms with Gasteiger partial charge in [-0.1, -0.05) is 31.5 Å². The molecule has 1 aromatic carbocycles. The van der Waals surface area contributed by atoms with Crippen LogP contribution in [0.1, 0.15) is 29.8 Å². The summed E-state index contributed by atoms with van der Waals surface area (Å²) in [6.45, 7) is 5.10. The summed E-state index contributed by atoms with van der Waals surface area (Å²) in [5.41, 5.74) is 1.96. The molecule has 0 radical (unpaired) electrons.